The van der Waals surface area contributed by atoms with Crippen molar-refractivity contribution in [1.82, 2.24) is 5.32 Å². The summed E-state index contributed by atoms with van der Waals surface area (Å²) >= 11 is 1.12. The zero-order valence-electron chi connectivity index (χ0n) is 10.5. The molecular weight excluding hydrogens is 293 g/mol. The molecule has 0 aliphatic heterocycles. The first-order valence-corrected chi connectivity index (χ1v) is 6.86. The van der Waals surface area contributed by atoms with Crippen LogP contribution in [0.3, 0.4) is 0 Å². The van der Waals surface area contributed by atoms with Gasteiger partial charge in [0.15, 0.2) is 0 Å². The first kappa shape index (κ1) is 14.8. The second kappa shape index (κ2) is 5.43. The van der Waals surface area contributed by atoms with Gasteiger partial charge in [0, 0.05) is 4.88 Å². The number of amides is 2. The van der Waals surface area contributed by atoms with Gasteiger partial charge in [-0.1, -0.05) is 0 Å². The topological polar surface area (TPSA) is 72.2 Å². The van der Waals surface area contributed by atoms with Crippen molar-refractivity contribution >= 4 is 23.2 Å². The van der Waals surface area contributed by atoms with Crippen molar-refractivity contribution in [2.45, 2.75) is 31.9 Å². The largest absolute Gasteiger partial charge is 0.405 e. The highest BCUT2D eigenvalue weighted by Gasteiger charge is 2.29. The van der Waals surface area contributed by atoms with E-state index in [1.165, 1.54) is 0 Å². The Balaban J connectivity index is 2.09. The maximum atomic E-state index is 12.0. The van der Waals surface area contributed by atoms with Gasteiger partial charge < -0.3 is 11.1 Å². The molecule has 3 N–H and O–H groups in total. The van der Waals surface area contributed by atoms with E-state index in [9.17, 15) is 22.8 Å². The maximum Gasteiger partial charge on any atom is 0.405 e. The summed E-state index contributed by atoms with van der Waals surface area (Å²) < 4.78 is 36.0. The summed E-state index contributed by atoms with van der Waals surface area (Å²) in [6.07, 6.45) is -2.23. The number of carbonyl (C=O) groups excluding carboxylic acids is 2. The number of carbonyl (C=O) groups is 2. The fourth-order valence-corrected chi connectivity index (χ4v) is 3.54. The van der Waals surface area contributed by atoms with Gasteiger partial charge in [0.05, 0.1) is 11.3 Å². The van der Waals surface area contributed by atoms with E-state index in [-0.39, 0.29) is 6.42 Å². The van der Waals surface area contributed by atoms with Crippen LogP contribution in [0.2, 0.25) is 0 Å². The molecule has 0 aromatic carbocycles. The third-order valence-corrected chi connectivity index (χ3v) is 4.37. The predicted octanol–water partition coefficient (Wildman–Crippen LogP) is 1.56. The van der Waals surface area contributed by atoms with Crippen molar-refractivity contribution in [2.75, 3.05) is 6.54 Å². The number of nitrogens with one attached hydrogen (secondary N) is 1. The molecule has 110 valence electrons. The molecule has 1 aliphatic rings. The van der Waals surface area contributed by atoms with Gasteiger partial charge in [-0.25, -0.2) is 0 Å². The normalized spacial score (nSPS) is 14.2. The van der Waals surface area contributed by atoms with Crippen LogP contribution >= 0.6 is 11.3 Å². The van der Waals surface area contributed by atoms with Crippen LogP contribution < -0.4 is 11.1 Å². The highest BCUT2D eigenvalue weighted by atomic mass is 32.1. The van der Waals surface area contributed by atoms with Crippen LogP contribution in [0.25, 0.3) is 0 Å². The van der Waals surface area contributed by atoms with Crippen LogP contribution in [0.5, 0.6) is 0 Å². The summed E-state index contributed by atoms with van der Waals surface area (Å²) in [6, 6.07) is 0. The average molecular weight is 306 g/mol. The molecule has 1 aliphatic carbocycles. The molecule has 0 spiro atoms. The van der Waals surface area contributed by atoms with E-state index in [4.69, 9.17) is 5.73 Å². The van der Waals surface area contributed by atoms with Crippen LogP contribution in [-0.4, -0.2) is 24.5 Å². The molecule has 0 fully saturated rings. The third-order valence-electron chi connectivity index (χ3n) is 3.08. The minimum atomic E-state index is -4.43. The Morgan fingerprint density at radius 1 is 1.25 bits per heavy atom. The van der Waals surface area contributed by atoms with Crippen molar-refractivity contribution < 1.29 is 22.8 Å². The van der Waals surface area contributed by atoms with Crippen LogP contribution in [0.1, 0.15) is 32.1 Å². The Hall–Kier alpha value is -1.57. The van der Waals surface area contributed by atoms with Crippen LogP contribution in [0.15, 0.2) is 0 Å². The highest BCUT2D eigenvalue weighted by Crippen LogP contribution is 2.35. The van der Waals surface area contributed by atoms with Gasteiger partial charge >= 0.3 is 6.18 Å². The second-order valence-corrected chi connectivity index (χ2v) is 5.70. The Labute approximate surface area is 117 Å². The number of primary amides is 1. The van der Waals surface area contributed by atoms with Gasteiger partial charge in [-0.15, -0.1) is 11.3 Å². The van der Waals surface area contributed by atoms with E-state index in [0.29, 0.717) is 9.75 Å². The number of thiophene rings is 1. The Bertz CT molecular complexity index is 552. The lowest BCUT2D eigenvalue weighted by atomic mass is 10.1. The lowest BCUT2D eigenvalue weighted by Gasteiger charge is -2.08. The number of halogens is 3. The molecule has 0 saturated carbocycles. The molecule has 20 heavy (non-hydrogen) atoms. The molecule has 0 saturated heterocycles. The maximum absolute atomic E-state index is 12.0. The summed E-state index contributed by atoms with van der Waals surface area (Å²) in [5.74, 6) is -1.25. The second-order valence-electron chi connectivity index (χ2n) is 4.60. The molecule has 8 heteroatoms. The van der Waals surface area contributed by atoms with Gasteiger partial charge in [0.2, 0.25) is 5.91 Å². The number of hydrogen-bond acceptors (Lipinski definition) is 3. The van der Waals surface area contributed by atoms with Crippen LogP contribution in [0.4, 0.5) is 13.2 Å². The predicted molar refractivity (Wildman–Crippen MR) is 67.6 cm³/mol. The third kappa shape index (κ3) is 3.30. The lowest BCUT2D eigenvalue weighted by molar-refractivity contribution is -0.138. The van der Waals surface area contributed by atoms with E-state index in [1.807, 2.05) is 5.32 Å². The van der Waals surface area contributed by atoms with Gasteiger partial charge in [-0.05, 0) is 30.4 Å². The molecule has 0 atom stereocenters. The van der Waals surface area contributed by atoms with E-state index in [0.717, 1.165) is 41.7 Å². The van der Waals surface area contributed by atoms with Gasteiger partial charge in [0.25, 0.3) is 5.91 Å². The van der Waals surface area contributed by atoms with Gasteiger partial charge in [-0.2, -0.15) is 13.2 Å². The van der Waals surface area contributed by atoms with E-state index >= 15 is 0 Å². The molecule has 4 nitrogen and oxygen atoms in total. The minimum Gasteiger partial charge on any atom is -0.365 e. The minimum absolute atomic E-state index is 0.143. The fourth-order valence-electron chi connectivity index (χ4n) is 2.30. The molecule has 0 bridgehead atoms. The smallest absolute Gasteiger partial charge is 0.365 e. The first-order valence-electron chi connectivity index (χ1n) is 6.04. The summed E-state index contributed by atoms with van der Waals surface area (Å²) in [6.45, 7) is -1.35. The Morgan fingerprint density at radius 3 is 2.50 bits per heavy atom. The first-order chi connectivity index (χ1) is 9.28. The SMILES string of the molecule is NC(=O)c1sc(CC(=O)NCC(F)(F)F)c2c1CCC2. The molecule has 2 amide bonds. The summed E-state index contributed by atoms with van der Waals surface area (Å²) in [5, 5.41) is 1.83. The zero-order chi connectivity index (χ0) is 14.9. The van der Waals surface area contributed by atoms with Crippen molar-refractivity contribution in [1.29, 1.82) is 0 Å². The summed E-state index contributed by atoms with van der Waals surface area (Å²) in [7, 11) is 0. The molecule has 0 radical (unpaired) electrons. The van der Waals surface area contributed by atoms with Crippen LogP contribution in [-0.2, 0) is 24.1 Å². The summed E-state index contributed by atoms with van der Waals surface area (Å²) in [4.78, 5) is 23.9. The van der Waals surface area contributed by atoms with Gasteiger partial charge in [0.1, 0.15) is 6.54 Å². The molecule has 0 unspecified atom stereocenters. The van der Waals surface area contributed by atoms with Crippen molar-refractivity contribution in [3.05, 3.63) is 20.9 Å². The quantitative estimate of drug-likeness (QED) is 0.886. The molecule has 1 aromatic heterocycles. The highest BCUT2D eigenvalue weighted by molar-refractivity contribution is 7.14. The van der Waals surface area contributed by atoms with E-state index in [2.05, 4.69) is 0 Å². The number of alkyl halides is 3. The number of hydrogen-bond donors (Lipinski definition) is 2. The molecular formula is C12H13F3N2O2S. The number of fused-ring (bicyclic) bond motifs is 1. The van der Waals surface area contributed by atoms with Crippen molar-refractivity contribution in [2.24, 2.45) is 5.73 Å². The Morgan fingerprint density at radius 2 is 1.90 bits per heavy atom. The molecule has 1 aromatic rings. The lowest BCUT2D eigenvalue weighted by Crippen LogP contribution is -2.34. The molecule has 2 rings (SSSR count). The number of nitrogens with two attached hydrogens (primary N) is 1. The number of rotatable bonds is 4. The van der Waals surface area contributed by atoms with Crippen molar-refractivity contribution in [3.8, 4) is 0 Å². The Kier molecular flexibility index (Phi) is 4.03. The van der Waals surface area contributed by atoms with E-state index < -0.39 is 24.5 Å². The molecule has 1 heterocycles. The van der Waals surface area contributed by atoms with Crippen molar-refractivity contribution in [3.63, 3.8) is 0 Å². The average Bonchev–Trinajstić information content (AvgIpc) is 2.89. The summed E-state index contributed by atoms with van der Waals surface area (Å²) in [5.41, 5.74) is 7.04. The van der Waals surface area contributed by atoms with Gasteiger partial charge in [-0.3, -0.25) is 9.59 Å². The standard InChI is InChI=1S/C12H13F3N2O2S/c13-12(14,15)5-17-9(18)4-8-6-2-1-3-7(6)10(20-8)11(16)19/h1-5H2,(H2,16,19)(H,17,18). The fraction of sp³-hybridized carbons (Fsp3) is 0.500. The van der Waals surface area contributed by atoms with Crippen LogP contribution in [0, 0.1) is 0 Å². The van der Waals surface area contributed by atoms with E-state index in [1.54, 1.807) is 0 Å². The zero-order valence-corrected chi connectivity index (χ0v) is 11.3. The monoisotopic (exact) mass is 306 g/mol.